The van der Waals surface area contributed by atoms with Crippen LogP contribution < -0.4 is 10.1 Å². The van der Waals surface area contributed by atoms with E-state index in [1.54, 1.807) is 27.0 Å². The summed E-state index contributed by atoms with van der Waals surface area (Å²) in [5, 5.41) is 13.4. The highest BCUT2D eigenvalue weighted by molar-refractivity contribution is 6.33. The number of anilines is 1. The maximum Gasteiger partial charge on any atom is 0.121 e. The van der Waals surface area contributed by atoms with Gasteiger partial charge >= 0.3 is 0 Å². The van der Waals surface area contributed by atoms with Crippen molar-refractivity contribution in [2.45, 2.75) is 25.9 Å². The molecule has 0 aliphatic rings. The van der Waals surface area contributed by atoms with Crippen molar-refractivity contribution in [3.8, 4) is 5.75 Å². The van der Waals surface area contributed by atoms with Crippen LogP contribution >= 0.6 is 11.6 Å². The summed E-state index contributed by atoms with van der Waals surface area (Å²) in [6, 6.07) is 5.43. The molecule has 0 fully saturated rings. The number of rotatable bonds is 5. The molecular formula is C12H18ClNO2. The van der Waals surface area contributed by atoms with Gasteiger partial charge in [-0.15, -0.1) is 0 Å². The Morgan fingerprint density at radius 3 is 2.69 bits per heavy atom. The van der Waals surface area contributed by atoms with Crippen molar-refractivity contribution in [1.29, 1.82) is 0 Å². The SMILES string of the molecule is COc1ccc(Cl)c(NCCC(C)(C)O)c1. The summed E-state index contributed by atoms with van der Waals surface area (Å²) in [5.74, 6) is 0.759. The number of nitrogens with one attached hydrogen (secondary N) is 1. The number of hydrogen-bond acceptors (Lipinski definition) is 3. The second-order valence-electron chi connectivity index (χ2n) is 4.33. The maximum absolute atomic E-state index is 9.57. The van der Waals surface area contributed by atoms with Crippen molar-refractivity contribution in [3.63, 3.8) is 0 Å². The molecule has 0 saturated heterocycles. The van der Waals surface area contributed by atoms with Crippen LogP contribution in [-0.4, -0.2) is 24.4 Å². The minimum atomic E-state index is -0.668. The van der Waals surface area contributed by atoms with E-state index in [1.807, 2.05) is 12.1 Å². The molecule has 1 rings (SSSR count). The molecular weight excluding hydrogens is 226 g/mol. The third kappa shape index (κ3) is 4.29. The first-order valence-corrected chi connectivity index (χ1v) is 5.60. The monoisotopic (exact) mass is 243 g/mol. The van der Waals surface area contributed by atoms with Crippen molar-refractivity contribution in [3.05, 3.63) is 23.2 Å². The molecule has 0 unspecified atom stereocenters. The molecule has 0 radical (unpaired) electrons. The van der Waals surface area contributed by atoms with Crippen LogP contribution in [-0.2, 0) is 0 Å². The lowest BCUT2D eigenvalue weighted by Crippen LogP contribution is -2.22. The third-order valence-corrected chi connectivity index (χ3v) is 2.56. The minimum Gasteiger partial charge on any atom is -0.497 e. The quantitative estimate of drug-likeness (QED) is 0.836. The number of ether oxygens (including phenoxy) is 1. The standard InChI is InChI=1S/C12H18ClNO2/c1-12(2,15)6-7-14-11-8-9(16-3)4-5-10(11)13/h4-5,8,14-15H,6-7H2,1-3H3. The van der Waals surface area contributed by atoms with Crippen LogP contribution in [0.5, 0.6) is 5.75 Å². The van der Waals surface area contributed by atoms with Crippen molar-refractivity contribution in [2.24, 2.45) is 0 Å². The molecule has 0 aliphatic carbocycles. The van der Waals surface area contributed by atoms with Gasteiger partial charge in [0.2, 0.25) is 0 Å². The minimum absolute atomic E-state index is 0.650. The Kier molecular flexibility index (Phi) is 4.44. The number of aliphatic hydroxyl groups is 1. The van der Waals surface area contributed by atoms with Gasteiger partial charge in [-0.1, -0.05) is 11.6 Å². The van der Waals surface area contributed by atoms with E-state index in [1.165, 1.54) is 0 Å². The van der Waals surface area contributed by atoms with E-state index in [0.717, 1.165) is 11.4 Å². The first kappa shape index (κ1) is 13.1. The van der Waals surface area contributed by atoms with Crippen LogP contribution in [0.4, 0.5) is 5.69 Å². The molecule has 0 spiro atoms. The van der Waals surface area contributed by atoms with Crippen LogP contribution in [0.1, 0.15) is 20.3 Å². The Balaban J connectivity index is 2.59. The number of halogens is 1. The Labute approximate surface area is 101 Å². The van der Waals surface area contributed by atoms with Gasteiger partial charge in [-0.05, 0) is 32.4 Å². The van der Waals surface area contributed by atoms with Crippen molar-refractivity contribution < 1.29 is 9.84 Å². The first-order chi connectivity index (χ1) is 7.42. The molecule has 3 nitrogen and oxygen atoms in total. The molecule has 0 amide bonds. The maximum atomic E-state index is 9.57. The summed E-state index contributed by atoms with van der Waals surface area (Å²) in [6.07, 6.45) is 0.653. The molecule has 0 bridgehead atoms. The molecule has 0 aliphatic heterocycles. The molecule has 4 heteroatoms. The molecule has 2 N–H and O–H groups in total. The highest BCUT2D eigenvalue weighted by Gasteiger charge is 2.11. The molecule has 0 saturated carbocycles. The zero-order chi connectivity index (χ0) is 12.2. The lowest BCUT2D eigenvalue weighted by Gasteiger charge is -2.18. The molecule has 90 valence electrons. The normalized spacial score (nSPS) is 11.3. The van der Waals surface area contributed by atoms with Gasteiger partial charge in [0.05, 0.1) is 23.4 Å². The molecule has 0 aromatic heterocycles. The fraction of sp³-hybridized carbons (Fsp3) is 0.500. The lowest BCUT2D eigenvalue weighted by atomic mass is 10.1. The van der Waals surface area contributed by atoms with E-state index in [0.29, 0.717) is 18.0 Å². The fourth-order valence-corrected chi connectivity index (χ4v) is 1.45. The molecule has 0 atom stereocenters. The third-order valence-electron chi connectivity index (χ3n) is 2.23. The van der Waals surface area contributed by atoms with Crippen LogP contribution in [0.15, 0.2) is 18.2 Å². The van der Waals surface area contributed by atoms with E-state index < -0.39 is 5.60 Å². The van der Waals surface area contributed by atoms with E-state index >= 15 is 0 Å². The van der Waals surface area contributed by atoms with Gasteiger partial charge in [-0.2, -0.15) is 0 Å². The van der Waals surface area contributed by atoms with Crippen LogP contribution in [0.2, 0.25) is 5.02 Å². The predicted molar refractivity (Wildman–Crippen MR) is 67.4 cm³/mol. The van der Waals surface area contributed by atoms with Crippen LogP contribution in [0.25, 0.3) is 0 Å². The average Bonchev–Trinajstić information content (AvgIpc) is 2.19. The summed E-state index contributed by atoms with van der Waals surface area (Å²) in [6.45, 7) is 4.22. The highest BCUT2D eigenvalue weighted by Crippen LogP contribution is 2.26. The zero-order valence-corrected chi connectivity index (χ0v) is 10.6. The van der Waals surface area contributed by atoms with E-state index in [-0.39, 0.29) is 0 Å². The number of hydrogen-bond donors (Lipinski definition) is 2. The Morgan fingerprint density at radius 2 is 2.12 bits per heavy atom. The van der Waals surface area contributed by atoms with Gasteiger partial charge in [-0.3, -0.25) is 0 Å². The van der Waals surface area contributed by atoms with Gasteiger partial charge in [0, 0.05) is 12.6 Å². The second kappa shape index (κ2) is 5.41. The fourth-order valence-electron chi connectivity index (χ4n) is 1.27. The summed E-state index contributed by atoms with van der Waals surface area (Å²) in [5.41, 5.74) is 0.156. The molecule has 16 heavy (non-hydrogen) atoms. The van der Waals surface area contributed by atoms with Crippen LogP contribution in [0.3, 0.4) is 0 Å². The summed E-state index contributed by atoms with van der Waals surface area (Å²) >= 11 is 6.02. The van der Waals surface area contributed by atoms with Crippen molar-refractivity contribution >= 4 is 17.3 Å². The van der Waals surface area contributed by atoms with Gasteiger partial charge in [-0.25, -0.2) is 0 Å². The predicted octanol–water partition coefficient (Wildman–Crippen LogP) is 2.92. The van der Waals surface area contributed by atoms with Gasteiger partial charge in [0.25, 0.3) is 0 Å². The van der Waals surface area contributed by atoms with Gasteiger partial charge in [0.1, 0.15) is 5.75 Å². The first-order valence-electron chi connectivity index (χ1n) is 5.22. The van der Waals surface area contributed by atoms with Gasteiger partial charge < -0.3 is 15.2 Å². The zero-order valence-electron chi connectivity index (χ0n) is 9.88. The Bertz CT molecular complexity index is 347. The van der Waals surface area contributed by atoms with Gasteiger partial charge in [0.15, 0.2) is 0 Å². The van der Waals surface area contributed by atoms with Crippen LogP contribution in [0, 0.1) is 0 Å². The lowest BCUT2D eigenvalue weighted by molar-refractivity contribution is 0.0749. The molecule has 1 aromatic carbocycles. The Hall–Kier alpha value is -0.930. The van der Waals surface area contributed by atoms with Crippen molar-refractivity contribution in [1.82, 2.24) is 0 Å². The largest absolute Gasteiger partial charge is 0.497 e. The molecule has 0 heterocycles. The average molecular weight is 244 g/mol. The smallest absolute Gasteiger partial charge is 0.121 e. The summed E-state index contributed by atoms with van der Waals surface area (Å²) in [7, 11) is 1.61. The summed E-state index contributed by atoms with van der Waals surface area (Å²) < 4.78 is 5.11. The topological polar surface area (TPSA) is 41.5 Å². The van der Waals surface area contributed by atoms with E-state index in [2.05, 4.69) is 5.32 Å². The number of methoxy groups -OCH3 is 1. The van der Waals surface area contributed by atoms with E-state index in [9.17, 15) is 5.11 Å². The second-order valence-corrected chi connectivity index (χ2v) is 4.74. The Morgan fingerprint density at radius 1 is 1.44 bits per heavy atom. The highest BCUT2D eigenvalue weighted by atomic mass is 35.5. The van der Waals surface area contributed by atoms with Crippen molar-refractivity contribution in [2.75, 3.05) is 19.0 Å². The molecule has 1 aromatic rings. The summed E-state index contributed by atoms with van der Waals surface area (Å²) in [4.78, 5) is 0. The van der Waals surface area contributed by atoms with E-state index in [4.69, 9.17) is 16.3 Å². The number of benzene rings is 1.